The van der Waals surface area contributed by atoms with Gasteiger partial charge < -0.3 is 9.80 Å². The van der Waals surface area contributed by atoms with Crippen LogP contribution in [0.2, 0.25) is 0 Å². The van der Waals surface area contributed by atoms with Gasteiger partial charge in [0, 0.05) is 25.0 Å². The van der Waals surface area contributed by atoms with Crippen LogP contribution in [0.25, 0.3) is 0 Å². The largest absolute Gasteiger partial charge is 0.338 e. The number of likely N-dealkylation sites (N-methyl/N-ethyl adjacent to an activating group) is 1. The Bertz CT molecular complexity index is 578. The molecule has 3 rings (SSSR count). The predicted molar refractivity (Wildman–Crippen MR) is 85.1 cm³/mol. The Balaban J connectivity index is 1.59. The average molecular weight is 322 g/mol. The number of halogens is 2. The quantitative estimate of drug-likeness (QED) is 0.851. The molecule has 1 aromatic rings. The third-order valence-corrected chi connectivity index (χ3v) is 5.25. The maximum absolute atomic E-state index is 13.2. The van der Waals surface area contributed by atoms with Gasteiger partial charge in [-0.15, -0.1) is 0 Å². The number of hydrogen-bond donors (Lipinski definition) is 0. The van der Waals surface area contributed by atoms with Crippen LogP contribution < -0.4 is 0 Å². The number of rotatable bonds is 4. The minimum Gasteiger partial charge on any atom is -0.338 e. The fourth-order valence-corrected chi connectivity index (χ4v) is 4.01. The molecule has 0 N–H and O–H groups in total. The highest BCUT2D eigenvalue weighted by Gasteiger charge is 2.37. The molecule has 2 heterocycles. The summed E-state index contributed by atoms with van der Waals surface area (Å²) in [7, 11) is 2.14. The maximum Gasteiger partial charge on any atom is 0.223 e. The summed E-state index contributed by atoms with van der Waals surface area (Å²) in [6, 6.07) is 4.67. The first-order valence-corrected chi connectivity index (χ1v) is 8.50. The molecule has 2 aliphatic heterocycles. The van der Waals surface area contributed by atoms with E-state index < -0.39 is 11.6 Å². The van der Waals surface area contributed by atoms with Crippen molar-refractivity contribution in [3.8, 4) is 0 Å². The Labute approximate surface area is 136 Å². The van der Waals surface area contributed by atoms with Crippen molar-refractivity contribution >= 4 is 5.91 Å². The Morgan fingerprint density at radius 3 is 2.57 bits per heavy atom. The zero-order valence-electron chi connectivity index (χ0n) is 13.6. The minimum atomic E-state index is -0.846. The van der Waals surface area contributed by atoms with Crippen molar-refractivity contribution in [2.45, 2.75) is 50.6 Å². The van der Waals surface area contributed by atoms with Crippen molar-refractivity contribution in [3.63, 3.8) is 0 Å². The van der Waals surface area contributed by atoms with Crippen LogP contribution in [0, 0.1) is 11.6 Å². The number of amides is 1. The lowest BCUT2D eigenvalue weighted by Gasteiger charge is -2.33. The Morgan fingerprint density at radius 2 is 1.87 bits per heavy atom. The molecule has 0 unspecified atom stereocenters. The number of hydrogen-bond acceptors (Lipinski definition) is 2. The molecule has 5 heteroatoms. The number of carbonyl (C=O) groups is 1. The summed E-state index contributed by atoms with van der Waals surface area (Å²) in [5.41, 5.74) is 0.672. The van der Waals surface area contributed by atoms with Gasteiger partial charge in [0.25, 0.3) is 0 Å². The van der Waals surface area contributed by atoms with Gasteiger partial charge in [0.2, 0.25) is 5.91 Å². The normalized spacial score (nSPS) is 25.3. The molecular weight excluding hydrogens is 298 g/mol. The Hall–Kier alpha value is -1.49. The summed E-state index contributed by atoms with van der Waals surface area (Å²) in [6.45, 7) is 1.93. The van der Waals surface area contributed by atoms with Gasteiger partial charge in [-0.1, -0.05) is 6.07 Å². The molecule has 2 saturated heterocycles. The molecule has 0 bridgehead atoms. The van der Waals surface area contributed by atoms with E-state index >= 15 is 0 Å². The highest BCUT2D eigenvalue weighted by Crippen LogP contribution is 2.29. The van der Waals surface area contributed by atoms with E-state index in [9.17, 15) is 13.6 Å². The molecule has 23 heavy (non-hydrogen) atoms. The Morgan fingerprint density at radius 1 is 1.13 bits per heavy atom. The smallest absolute Gasteiger partial charge is 0.223 e. The average Bonchev–Trinajstić information content (AvgIpc) is 3.16. The van der Waals surface area contributed by atoms with Gasteiger partial charge in [0.1, 0.15) is 0 Å². The van der Waals surface area contributed by atoms with Crippen LogP contribution in [0.4, 0.5) is 8.78 Å². The molecule has 0 aliphatic carbocycles. The molecule has 126 valence electrons. The van der Waals surface area contributed by atoms with Crippen LogP contribution in [-0.2, 0) is 11.2 Å². The van der Waals surface area contributed by atoms with Gasteiger partial charge in [-0.2, -0.15) is 0 Å². The van der Waals surface area contributed by atoms with Crippen molar-refractivity contribution in [2.24, 2.45) is 0 Å². The molecular formula is C18H24F2N2O. The van der Waals surface area contributed by atoms with E-state index in [2.05, 4.69) is 11.9 Å². The summed E-state index contributed by atoms with van der Waals surface area (Å²) in [6.07, 6.45) is 5.32. The number of likely N-dealkylation sites (tertiary alicyclic amines) is 2. The van der Waals surface area contributed by atoms with Crippen molar-refractivity contribution in [1.82, 2.24) is 9.80 Å². The molecule has 0 spiro atoms. The van der Waals surface area contributed by atoms with E-state index in [4.69, 9.17) is 0 Å². The van der Waals surface area contributed by atoms with E-state index in [-0.39, 0.29) is 5.91 Å². The number of carbonyl (C=O) groups excluding carboxylic acids is 1. The first kappa shape index (κ1) is 16.4. The zero-order chi connectivity index (χ0) is 16.4. The topological polar surface area (TPSA) is 23.6 Å². The Kier molecular flexibility index (Phi) is 4.95. The standard InChI is InChI=1S/C18H24F2N2O/c1-21-10-2-4-16(21)17-5-3-11-22(17)18(23)9-7-13-6-8-14(19)15(20)12-13/h6,8,12,16-17H,2-5,7,9-11H2,1H3/t16-,17+/m0/s1. The van der Waals surface area contributed by atoms with Gasteiger partial charge in [0.15, 0.2) is 11.6 Å². The van der Waals surface area contributed by atoms with Crippen LogP contribution in [0.3, 0.4) is 0 Å². The summed E-state index contributed by atoms with van der Waals surface area (Å²) in [4.78, 5) is 17.0. The van der Waals surface area contributed by atoms with Crippen molar-refractivity contribution in [1.29, 1.82) is 0 Å². The molecule has 1 aromatic carbocycles. The summed E-state index contributed by atoms with van der Waals surface area (Å²) >= 11 is 0. The molecule has 0 radical (unpaired) electrons. The van der Waals surface area contributed by atoms with Gasteiger partial charge in [-0.05, 0) is 63.4 Å². The van der Waals surface area contributed by atoms with Crippen LogP contribution in [-0.4, -0.2) is 47.9 Å². The molecule has 2 atom stereocenters. The predicted octanol–water partition coefficient (Wildman–Crippen LogP) is 2.98. The van der Waals surface area contributed by atoms with Crippen LogP contribution in [0.5, 0.6) is 0 Å². The third-order valence-electron chi connectivity index (χ3n) is 5.25. The molecule has 0 saturated carbocycles. The molecule has 1 amide bonds. The second kappa shape index (κ2) is 6.95. The molecule has 2 aliphatic rings. The summed E-state index contributed by atoms with van der Waals surface area (Å²) < 4.78 is 26.2. The first-order chi connectivity index (χ1) is 11.1. The van der Waals surface area contributed by atoms with Crippen LogP contribution in [0.1, 0.15) is 37.7 Å². The van der Waals surface area contributed by atoms with E-state index in [1.807, 2.05) is 4.90 Å². The molecule has 3 nitrogen and oxygen atoms in total. The van der Waals surface area contributed by atoms with E-state index in [0.717, 1.165) is 38.4 Å². The second-order valence-corrected chi connectivity index (χ2v) is 6.74. The highest BCUT2D eigenvalue weighted by molar-refractivity contribution is 5.77. The van der Waals surface area contributed by atoms with E-state index in [1.54, 1.807) is 6.07 Å². The van der Waals surface area contributed by atoms with E-state index in [0.29, 0.717) is 30.5 Å². The van der Waals surface area contributed by atoms with Gasteiger partial charge in [-0.25, -0.2) is 8.78 Å². The monoisotopic (exact) mass is 322 g/mol. The van der Waals surface area contributed by atoms with Crippen LogP contribution >= 0.6 is 0 Å². The van der Waals surface area contributed by atoms with E-state index in [1.165, 1.54) is 12.5 Å². The number of benzene rings is 1. The summed E-state index contributed by atoms with van der Waals surface area (Å²) in [5.74, 6) is -1.55. The highest BCUT2D eigenvalue weighted by atomic mass is 19.2. The molecule has 0 aromatic heterocycles. The maximum atomic E-state index is 13.2. The third kappa shape index (κ3) is 3.55. The number of nitrogens with zero attached hydrogens (tertiary/aromatic N) is 2. The van der Waals surface area contributed by atoms with Gasteiger partial charge >= 0.3 is 0 Å². The SMILES string of the molecule is CN1CCC[C@H]1[C@H]1CCCN1C(=O)CCc1ccc(F)c(F)c1. The number of aryl methyl sites for hydroxylation is 1. The minimum absolute atomic E-state index is 0.137. The lowest BCUT2D eigenvalue weighted by Crippen LogP contribution is -2.47. The van der Waals surface area contributed by atoms with Gasteiger partial charge in [0.05, 0.1) is 0 Å². The fourth-order valence-electron chi connectivity index (χ4n) is 4.01. The van der Waals surface area contributed by atoms with Crippen LogP contribution in [0.15, 0.2) is 18.2 Å². The summed E-state index contributed by atoms with van der Waals surface area (Å²) in [5, 5.41) is 0. The fraction of sp³-hybridized carbons (Fsp3) is 0.611. The van der Waals surface area contributed by atoms with Crippen molar-refractivity contribution in [3.05, 3.63) is 35.4 Å². The molecule has 2 fully saturated rings. The van der Waals surface area contributed by atoms with Crippen molar-refractivity contribution in [2.75, 3.05) is 20.1 Å². The second-order valence-electron chi connectivity index (χ2n) is 6.74. The lowest BCUT2D eigenvalue weighted by molar-refractivity contribution is -0.132. The first-order valence-electron chi connectivity index (χ1n) is 8.50. The van der Waals surface area contributed by atoms with Crippen molar-refractivity contribution < 1.29 is 13.6 Å². The van der Waals surface area contributed by atoms with Gasteiger partial charge in [-0.3, -0.25) is 4.79 Å². The zero-order valence-corrected chi connectivity index (χ0v) is 13.6. The lowest BCUT2D eigenvalue weighted by atomic mass is 10.0.